The number of rotatable bonds is 4. The number of aryl methyl sites for hydroxylation is 1. The summed E-state index contributed by atoms with van der Waals surface area (Å²) in [4.78, 5) is 26.5. The van der Waals surface area contributed by atoms with E-state index < -0.39 is 5.54 Å². The second kappa shape index (κ2) is 5.67. The molecule has 1 N–H and O–H groups in total. The minimum Gasteiger partial charge on any atom is -0.492 e. The van der Waals surface area contributed by atoms with Gasteiger partial charge >= 0.3 is 6.03 Å². The molecular formula is C19H18N2O3. The highest BCUT2D eigenvalue weighted by Crippen LogP contribution is 2.41. The number of carbonyl (C=O) groups excluding carboxylic acids is 2. The molecule has 24 heavy (non-hydrogen) atoms. The molecule has 1 saturated heterocycles. The van der Waals surface area contributed by atoms with Crippen LogP contribution in [0.5, 0.6) is 5.75 Å². The fourth-order valence-corrected chi connectivity index (χ4v) is 3.56. The lowest BCUT2D eigenvalue weighted by Crippen LogP contribution is -2.42. The van der Waals surface area contributed by atoms with E-state index in [1.54, 1.807) is 0 Å². The maximum absolute atomic E-state index is 12.9. The molecule has 1 heterocycles. The van der Waals surface area contributed by atoms with Gasteiger partial charge in [-0.1, -0.05) is 42.5 Å². The molecule has 2 aliphatic rings. The van der Waals surface area contributed by atoms with Gasteiger partial charge in [0.1, 0.15) is 17.9 Å². The molecule has 5 heteroatoms. The minimum absolute atomic E-state index is 0.172. The lowest BCUT2D eigenvalue weighted by Gasteiger charge is -2.22. The Hall–Kier alpha value is -2.82. The summed E-state index contributed by atoms with van der Waals surface area (Å²) in [6.45, 7) is 0.518. The lowest BCUT2D eigenvalue weighted by atomic mass is 9.92. The first-order valence-corrected chi connectivity index (χ1v) is 8.11. The van der Waals surface area contributed by atoms with Crippen molar-refractivity contribution in [1.82, 2.24) is 10.2 Å². The fourth-order valence-electron chi connectivity index (χ4n) is 3.56. The number of para-hydroxylation sites is 1. The molecule has 2 aromatic carbocycles. The number of fused-ring (bicyclic) bond motifs is 2. The Morgan fingerprint density at radius 3 is 2.62 bits per heavy atom. The van der Waals surface area contributed by atoms with E-state index in [1.165, 1.54) is 4.90 Å². The summed E-state index contributed by atoms with van der Waals surface area (Å²) in [6.07, 6.45) is 1.42. The number of amides is 3. The van der Waals surface area contributed by atoms with Gasteiger partial charge in [-0.2, -0.15) is 0 Å². The van der Waals surface area contributed by atoms with Crippen molar-refractivity contribution in [2.75, 3.05) is 13.2 Å². The Morgan fingerprint density at radius 1 is 1.04 bits per heavy atom. The third-order valence-electron chi connectivity index (χ3n) is 4.75. The smallest absolute Gasteiger partial charge is 0.325 e. The van der Waals surface area contributed by atoms with Crippen LogP contribution in [-0.2, 0) is 16.8 Å². The summed E-state index contributed by atoms with van der Waals surface area (Å²) in [5, 5.41) is 2.92. The number of ether oxygens (including phenoxy) is 1. The van der Waals surface area contributed by atoms with Crippen molar-refractivity contribution in [3.8, 4) is 5.75 Å². The van der Waals surface area contributed by atoms with Crippen LogP contribution in [0.4, 0.5) is 4.79 Å². The van der Waals surface area contributed by atoms with E-state index >= 15 is 0 Å². The summed E-state index contributed by atoms with van der Waals surface area (Å²) >= 11 is 0. The molecule has 0 aromatic heterocycles. The predicted octanol–water partition coefficient (Wildman–Crippen LogP) is 2.46. The third-order valence-corrected chi connectivity index (χ3v) is 4.75. The Balaban J connectivity index is 1.49. The van der Waals surface area contributed by atoms with E-state index in [2.05, 4.69) is 5.32 Å². The van der Waals surface area contributed by atoms with Crippen molar-refractivity contribution < 1.29 is 14.3 Å². The molecule has 0 saturated carbocycles. The van der Waals surface area contributed by atoms with E-state index in [9.17, 15) is 9.59 Å². The molecule has 0 radical (unpaired) electrons. The largest absolute Gasteiger partial charge is 0.492 e. The van der Waals surface area contributed by atoms with Crippen LogP contribution in [0.2, 0.25) is 0 Å². The number of carbonyl (C=O) groups is 2. The number of benzene rings is 2. The third kappa shape index (κ3) is 2.24. The molecule has 122 valence electrons. The quantitative estimate of drug-likeness (QED) is 0.880. The number of urea groups is 1. The van der Waals surface area contributed by atoms with Crippen LogP contribution in [0, 0.1) is 0 Å². The molecule has 4 rings (SSSR count). The van der Waals surface area contributed by atoms with Gasteiger partial charge in [-0.15, -0.1) is 0 Å². The molecule has 2 aromatic rings. The average Bonchev–Trinajstić information content (AvgIpc) is 3.09. The van der Waals surface area contributed by atoms with Gasteiger partial charge in [0, 0.05) is 0 Å². The second-order valence-corrected chi connectivity index (χ2v) is 6.11. The van der Waals surface area contributed by atoms with Crippen molar-refractivity contribution >= 4 is 11.9 Å². The van der Waals surface area contributed by atoms with E-state index in [0.29, 0.717) is 6.42 Å². The topological polar surface area (TPSA) is 58.6 Å². The van der Waals surface area contributed by atoms with E-state index in [4.69, 9.17) is 4.74 Å². The molecular weight excluding hydrogens is 304 g/mol. The highest BCUT2D eigenvalue weighted by atomic mass is 16.5. The highest BCUT2D eigenvalue weighted by molar-refractivity contribution is 6.08. The summed E-state index contributed by atoms with van der Waals surface area (Å²) in [5.41, 5.74) is 1.17. The first-order chi connectivity index (χ1) is 11.7. The van der Waals surface area contributed by atoms with Crippen LogP contribution in [0.1, 0.15) is 17.5 Å². The zero-order chi connectivity index (χ0) is 16.6. The maximum atomic E-state index is 12.9. The van der Waals surface area contributed by atoms with Crippen molar-refractivity contribution in [1.29, 1.82) is 0 Å². The molecule has 1 aliphatic heterocycles. The Morgan fingerprint density at radius 2 is 1.79 bits per heavy atom. The van der Waals surface area contributed by atoms with Gasteiger partial charge < -0.3 is 10.1 Å². The summed E-state index contributed by atoms with van der Waals surface area (Å²) in [6, 6.07) is 16.9. The van der Waals surface area contributed by atoms with Crippen LogP contribution in [-0.4, -0.2) is 30.0 Å². The number of hydrogen-bond acceptors (Lipinski definition) is 3. The Kier molecular flexibility index (Phi) is 3.49. The number of imide groups is 1. The van der Waals surface area contributed by atoms with Crippen LogP contribution in [0.3, 0.4) is 0 Å². The van der Waals surface area contributed by atoms with Crippen molar-refractivity contribution in [3.05, 3.63) is 65.7 Å². The molecule has 1 aliphatic carbocycles. The SMILES string of the molecule is O=C1N[C@]2(CCc3ccccc32)C(=O)N1CCOc1ccccc1. The molecule has 0 unspecified atom stereocenters. The van der Waals surface area contributed by atoms with Gasteiger partial charge in [-0.3, -0.25) is 9.69 Å². The van der Waals surface area contributed by atoms with Gasteiger partial charge in [-0.05, 0) is 36.1 Å². The predicted molar refractivity (Wildman–Crippen MR) is 88.6 cm³/mol. The normalized spacial score (nSPS) is 21.9. The first kappa shape index (κ1) is 14.8. The maximum Gasteiger partial charge on any atom is 0.325 e. The first-order valence-electron chi connectivity index (χ1n) is 8.11. The van der Waals surface area contributed by atoms with Crippen molar-refractivity contribution in [2.45, 2.75) is 18.4 Å². The minimum atomic E-state index is -0.888. The molecule has 1 atom stereocenters. The van der Waals surface area contributed by atoms with Crippen molar-refractivity contribution in [2.24, 2.45) is 0 Å². The monoisotopic (exact) mass is 322 g/mol. The van der Waals surface area contributed by atoms with Crippen LogP contribution in [0.25, 0.3) is 0 Å². The average molecular weight is 322 g/mol. The molecule has 0 bridgehead atoms. The van der Waals surface area contributed by atoms with Gasteiger partial charge in [0.15, 0.2) is 0 Å². The second-order valence-electron chi connectivity index (χ2n) is 6.11. The Bertz CT molecular complexity index is 790. The van der Waals surface area contributed by atoms with E-state index in [0.717, 1.165) is 23.3 Å². The van der Waals surface area contributed by atoms with E-state index in [-0.39, 0.29) is 25.1 Å². The standard InChI is InChI=1S/C19H18N2O3/c22-17-19(11-10-14-6-4-5-9-16(14)19)20-18(23)21(17)12-13-24-15-7-2-1-3-8-15/h1-9H,10-13H2,(H,20,23)/t19-/m0/s1. The van der Waals surface area contributed by atoms with Crippen molar-refractivity contribution in [3.63, 3.8) is 0 Å². The number of nitrogens with one attached hydrogen (secondary N) is 1. The highest BCUT2D eigenvalue weighted by Gasteiger charge is 2.54. The lowest BCUT2D eigenvalue weighted by molar-refractivity contribution is -0.131. The zero-order valence-corrected chi connectivity index (χ0v) is 13.2. The summed E-state index contributed by atoms with van der Waals surface area (Å²) in [7, 11) is 0. The van der Waals surface area contributed by atoms with Gasteiger partial charge in [0.25, 0.3) is 5.91 Å². The van der Waals surface area contributed by atoms with Crippen LogP contribution >= 0.6 is 0 Å². The molecule has 5 nitrogen and oxygen atoms in total. The number of nitrogens with zero attached hydrogens (tertiary/aromatic N) is 1. The molecule has 1 spiro atoms. The zero-order valence-electron chi connectivity index (χ0n) is 13.2. The van der Waals surface area contributed by atoms with Crippen LogP contribution < -0.4 is 10.1 Å². The number of hydrogen-bond donors (Lipinski definition) is 1. The van der Waals surface area contributed by atoms with E-state index in [1.807, 2.05) is 54.6 Å². The summed E-state index contributed by atoms with van der Waals surface area (Å²) < 4.78 is 5.61. The molecule has 3 amide bonds. The van der Waals surface area contributed by atoms with Gasteiger partial charge in [-0.25, -0.2) is 4.79 Å². The Labute approximate surface area is 140 Å². The van der Waals surface area contributed by atoms with Gasteiger partial charge in [0.2, 0.25) is 0 Å². The fraction of sp³-hybridized carbons (Fsp3) is 0.263. The van der Waals surface area contributed by atoms with Gasteiger partial charge in [0.05, 0.1) is 6.54 Å². The van der Waals surface area contributed by atoms with Crippen LogP contribution in [0.15, 0.2) is 54.6 Å². The summed E-state index contributed by atoms with van der Waals surface area (Å²) in [5.74, 6) is 0.555. The molecule has 1 fully saturated rings.